The van der Waals surface area contributed by atoms with E-state index in [1.165, 1.54) is 0 Å². The highest BCUT2D eigenvalue weighted by atomic mass is 35.5. The molecular weight excluding hydrogens is 250 g/mol. The average Bonchev–Trinajstić information content (AvgIpc) is 2.29. The van der Waals surface area contributed by atoms with Crippen LogP contribution in [0.3, 0.4) is 0 Å². The Morgan fingerprint density at radius 3 is 2.83 bits per heavy atom. The molecule has 1 saturated heterocycles. The Labute approximate surface area is 113 Å². The Morgan fingerprint density at radius 1 is 1.44 bits per heavy atom. The molecule has 3 nitrogen and oxygen atoms in total. The van der Waals surface area contributed by atoms with Crippen molar-refractivity contribution in [1.82, 2.24) is 4.90 Å². The molecule has 1 aliphatic rings. The first-order valence-electron chi connectivity index (χ1n) is 6.33. The second-order valence-electron chi connectivity index (χ2n) is 4.57. The summed E-state index contributed by atoms with van der Waals surface area (Å²) in [6.07, 6.45) is 1.69. The van der Waals surface area contributed by atoms with Crippen molar-refractivity contribution in [3.8, 4) is 0 Å². The number of nitrogens with zero attached hydrogens (tertiary/aromatic N) is 1. The monoisotopic (exact) mass is 267 g/mol. The minimum absolute atomic E-state index is 0.155. The zero-order chi connectivity index (χ0) is 13.0. The minimum Gasteiger partial charge on any atom is -0.370 e. The summed E-state index contributed by atoms with van der Waals surface area (Å²) < 4.78 is 5.73. The van der Waals surface area contributed by atoms with Crippen LogP contribution < -0.4 is 0 Å². The van der Waals surface area contributed by atoms with Crippen molar-refractivity contribution in [2.45, 2.75) is 32.5 Å². The van der Waals surface area contributed by atoms with E-state index in [1.54, 1.807) is 0 Å². The summed E-state index contributed by atoms with van der Waals surface area (Å²) in [5.74, 6) is 0.232. The molecule has 0 atom stereocenters. The van der Waals surface area contributed by atoms with Gasteiger partial charge in [-0.05, 0) is 18.1 Å². The van der Waals surface area contributed by atoms with Gasteiger partial charge in [0, 0.05) is 24.5 Å². The van der Waals surface area contributed by atoms with Crippen LogP contribution in [-0.2, 0) is 16.1 Å². The van der Waals surface area contributed by atoms with Crippen molar-refractivity contribution in [3.63, 3.8) is 0 Å². The van der Waals surface area contributed by atoms with Crippen molar-refractivity contribution in [3.05, 3.63) is 34.9 Å². The highest BCUT2D eigenvalue weighted by molar-refractivity contribution is 6.31. The number of likely N-dealkylation sites (tertiary alicyclic amines) is 1. The van der Waals surface area contributed by atoms with Crippen LogP contribution in [0, 0.1) is 0 Å². The molecule has 2 rings (SSSR count). The average molecular weight is 268 g/mol. The molecule has 18 heavy (non-hydrogen) atoms. The van der Waals surface area contributed by atoms with E-state index >= 15 is 0 Å². The Balaban J connectivity index is 1.72. The van der Waals surface area contributed by atoms with Crippen molar-refractivity contribution in [2.24, 2.45) is 0 Å². The van der Waals surface area contributed by atoms with Crippen LogP contribution in [0.5, 0.6) is 0 Å². The number of carbonyl (C=O) groups is 1. The minimum atomic E-state index is 0.155. The lowest BCUT2D eigenvalue weighted by atomic mass is 10.1. The van der Waals surface area contributed by atoms with E-state index in [0.717, 1.165) is 17.0 Å². The molecule has 1 aromatic rings. The highest BCUT2D eigenvalue weighted by Gasteiger charge is 2.30. The first-order chi connectivity index (χ1) is 8.70. The van der Waals surface area contributed by atoms with Crippen LogP contribution in [0.2, 0.25) is 5.02 Å². The number of hydrogen-bond acceptors (Lipinski definition) is 2. The number of rotatable bonds is 5. The van der Waals surface area contributed by atoms with Gasteiger partial charge in [0.2, 0.25) is 5.91 Å². The van der Waals surface area contributed by atoms with Gasteiger partial charge in [0.25, 0.3) is 0 Å². The Kier molecular flexibility index (Phi) is 4.61. The number of hydrogen-bond donors (Lipinski definition) is 0. The fraction of sp³-hybridized carbons (Fsp3) is 0.500. The Hall–Kier alpha value is -1.06. The summed E-state index contributed by atoms with van der Waals surface area (Å²) in [5, 5.41) is 0.732. The van der Waals surface area contributed by atoms with Crippen molar-refractivity contribution >= 4 is 17.5 Å². The quantitative estimate of drug-likeness (QED) is 0.821. The van der Waals surface area contributed by atoms with E-state index in [-0.39, 0.29) is 12.0 Å². The van der Waals surface area contributed by atoms with Gasteiger partial charge in [0.05, 0.1) is 12.7 Å². The predicted molar refractivity (Wildman–Crippen MR) is 71.5 cm³/mol. The first-order valence-corrected chi connectivity index (χ1v) is 6.71. The van der Waals surface area contributed by atoms with Gasteiger partial charge in [-0.3, -0.25) is 4.79 Å². The largest absolute Gasteiger partial charge is 0.370 e. The lowest BCUT2D eigenvalue weighted by molar-refractivity contribution is -0.145. The maximum absolute atomic E-state index is 11.5. The van der Waals surface area contributed by atoms with Gasteiger partial charge in [0.15, 0.2) is 0 Å². The fourth-order valence-electron chi connectivity index (χ4n) is 1.94. The molecule has 0 saturated carbocycles. The zero-order valence-corrected chi connectivity index (χ0v) is 11.3. The van der Waals surface area contributed by atoms with E-state index in [4.69, 9.17) is 16.3 Å². The van der Waals surface area contributed by atoms with Crippen molar-refractivity contribution in [2.75, 3.05) is 13.1 Å². The van der Waals surface area contributed by atoms with Gasteiger partial charge < -0.3 is 9.64 Å². The smallest absolute Gasteiger partial charge is 0.222 e. The van der Waals surface area contributed by atoms with Crippen molar-refractivity contribution in [1.29, 1.82) is 0 Å². The molecule has 0 aliphatic carbocycles. The molecule has 0 radical (unpaired) electrons. The molecule has 0 bridgehead atoms. The molecule has 4 heteroatoms. The van der Waals surface area contributed by atoms with Gasteiger partial charge in [-0.1, -0.05) is 36.7 Å². The molecular formula is C14H18ClNO2. The third-order valence-corrected chi connectivity index (χ3v) is 3.47. The number of amides is 1. The third kappa shape index (κ3) is 3.24. The summed E-state index contributed by atoms with van der Waals surface area (Å²) >= 11 is 6.04. The van der Waals surface area contributed by atoms with Crippen LogP contribution in [0.15, 0.2) is 24.3 Å². The second-order valence-corrected chi connectivity index (χ2v) is 4.98. The summed E-state index contributed by atoms with van der Waals surface area (Å²) in [5.41, 5.74) is 0.998. The standard InChI is InChI=1S/C14H18ClNO2/c1-2-5-14(17)16-8-12(9-16)18-10-11-6-3-4-7-13(11)15/h3-4,6-7,12H,2,5,8-10H2,1H3. The third-order valence-electron chi connectivity index (χ3n) is 3.10. The fourth-order valence-corrected chi connectivity index (χ4v) is 2.13. The van der Waals surface area contributed by atoms with Gasteiger partial charge in [-0.2, -0.15) is 0 Å². The van der Waals surface area contributed by atoms with E-state index in [0.29, 0.717) is 26.1 Å². The second kappa shape index (κ2) is 6.21. The van der Waals surface area contributed by atoms with Gasteiger partial charge in [0.1, 0.15) is 0 Å². The first kappa shape index (κ1) is 13.4. The van der Waals surface area contributed by atoms with E-state index in [1.807, 2.05) is 36.1 Å². The number of ether oxygens (including phenoxy) is 1. The summed E-state index contributed by atoms with van der Waals surface area (Å²) in [6, 6.07) is 7.67. The highest BCUT2D eigenvalue weighted by Crippen LogP contribution is 2.19. The summed E-state index contributed by atoms with van der Waals surface area (Å²) in [7, 11) is 0. The molecule has 1 amide bonds. The summed E-state index contributed by atoms with van der Waals surface area (Å²) in [4.78, 5) is 13.4. The van der Waals surface area contributed by atoms with E-state index in [9.17, 15) is 4.79 Å². The maximum Gasteiger partial charge on any atom is 0.222 e. The lowest BCUT2D eigenvalue weighted by Crippen LogP contribution is -2.54. The SMILES string of the molecule is CCCC(=O)N1CC(OCc2ccccc2Cl)C1. The molecule has 0 unspecified atom stereocenters. The molecule has 98 valence electrons. The van der Waals surface area contributed by atoms with Crippen LogP contribution in [-0.4, -0.2) is 30.0 Å². The summed E-state index contributed by atoms with van der Waals surface area (Å²) in [6.45, 7) is 3.95. The maximum atomic E-state index is 11.5. The van der Waals surface area contributed by atoms with Crippen LogP contribution in [0.4, 0.5) is 0 Å². The van der Waals surface area contributed by atoms with Gasteiger partial charge >= 0.3 is 0 Å². The molecule has 1 fully saturated rings. The topological polar surface area (TPSA) is 29.5 Å². The van der Waals surface area contributed by atoms with E-state index < -0.39 is 0 Å². The normalized spacial score (nSPS) is 15.6. The van der Waals surface area contributed by atoms with Crippen LogP contribution in [0.25, 0.3) is 0 Å². The zero-order valence-electron chi connectivity index (χ0n) is 10.6. The molecule has 1 aliphatic heterocycles. The number of halogens is 1. The van der Waals surface area contributed by atoms with Crippen LogP contribution >= 0.6 is 11.6 Å². The molecule has 0 N–H and O–H groups in total. The molecule has 1 heterocycles. The molecule has 0 aromatic heterocycles. The van der Waals surface area contributed by atoms with Crippen LogP contribution in [0.1, 0.15) is 25.3 Å². The van der Waals surface area contributed by atoms with Gasteiger partial charge in [-0.25, -0.2) is 0 Å². The Morgan fingerprint density at radius 2 is 2.17 bits per heavy atom. The predicted octanol–water partition coefficient (Wildman–Crippen LogP) is 2.87. The Bertz CT molecular complexity index is 416. The number of carbonyl (C=O) groups excluding carboxylic acids is 1. The molecule has 0 spiro atoms. The molecule has 1 aromatic carbocycles. The van der Waals surface area contributed by atoms with E-state index in [2.05, 4.69) is 0 Å². The number of benzene rings is 1. The van der Waals surface area contributed by atoms with Crippen molar-refractivity contribution < 1.29 is 9.53 Å². The van der Waals surface area contributed by atoms with Gasteiger partial charge in [-0.15, -0.1) is 0 Å². The lowest BCUT2D eigenvalue weighted by Gasteiger charge is -2.39.